The van der Waals surface area contributed by atoms with Crippen LogP contribution in [0.1, 0.15) is 46.3 Å². The van der Waals surface area contributed by atoms with Crippen molar-refractivity contribution in [3.8, 4) is 0 Å². The number of amides is 1. The van der Waals surface area contributed by atoms with Crippen LogP contribution in [-0.2, 0) is 6.18 Å². The number of hydrogen-bond donors (Lipinski definition) is 1. The first-order valence-electron chi connectivity index (χ1n) is 9.46. The van der Waals surface area contributed by atoms with Crippen LogP contribution in [0.4, 0.5) is 19.0 Å². The third-order valence-electron chi connectivity index (χ3n) is 5.14. The van der Waals surface area contributed by atoms with Gasteiger partial charge >= 0.3 is 6.18 Å². The van der Waals surface area contributed by atoms with Gasteiger partial charge in [-0.1, -0.05) is 6.07 Å². The van der Waals surface area contributed by atoms with E-state index >= 15 is 0 Å². The Kier molecular flexibility index (Phi) is 5.00. The highest BCUT2D eigenvalue weighted by Crippen LogP contribution is 2.38. The number of nitrogens with zero attached hydrogens (tertiary/aromatic N) is 5. The summed E-state index contributed by atoms with van der Waals surface area (Å²) < 4.78 is 41.3. The fraction of sp³-hybridized carbons (Fsp3) is 0.350. The third kappa shape index (κ3) is 3.77. The van der Waals surface area contributed by atoms with Crippen LogP contribution in [0.2, 0.25) is 0 Å². The summed E-state index contributed by atoms with van der Waals surface area (Å²) in [5.41, 5.74) is 5.31. The third-order valence-corrected chi connectivity index (χ3v) is 5.14. The lowest BCUT2D eigenvalue weighted by molar-refractivity contribution is -0.136. The molecule has 156 valence electrons. The van der Waals surface area contributed by atoms with E-state index in [0.717, 1.165) is 6.07 Å². The van der Waals surface area contributed by atoms with Crippen molar-refractivity contribution in [3.63, 3.8) is 0 Å². The number of nitrogen functional groups attached to an aromatic ring is 1. The quantitative estimate of drug-likeness (QED) is 0.688. The lowest BCUT2D eigenvalue weighted by Gasteiger charge is -2.32. The molecule has 0 unspecified atom stereocenters. The van der Waals surface area contributed by atoms with Gasteiger partial charge in [-0.25, -0.2) is 15.0 Å². The molecule has 4 heterocycles. The number of piperidine rings is 1. The van der Waals surface area contributed by atoms with E-state index in [-0.39, 0.29) is 46.7 Å². The summed E-state index contributed by atoms with van der Waals surface area (Å²) in [6.45, 7) is 2.32. The number of halogens is 3. The number of rotatable bonds is 2. The Balaban J connectivity index is 1.73. The first-order chi connectivity index (χ1) is 14.2. The van der Waals surface area contributed by atoms with Crippen LogP contribution < -0.4 is 5.73 Å². The smallest absolute Gasteiger partial charge is 0.383 e. The van der Waals surface area contributed by atoms with Crippen molar-refractivity contribution < 1.29 is 18.0 Å². The molecular weight excluding hydrogens is 397 g/mol. The van der Waals surface area contributed by atoms with E-state index in [9.17, 15) is 18.0 Å². The van der Waals surface area contributed by atoms with Gasteiger partial charge in [0.2, 0.25) is 0 Å². The first kappa shape index (κ1) is 20.0. The summed E-state index contributed by atoms with van der Waals surface area (Å²) in [5.74, 6) is -0.610. The summed E-state index contributed by atoms with van der Waals surface area (Å²) in [7, 11) is 0. The number of likely N-dealkylation sites (tertiary alicyclic amines) is 1. The van der Waals surface area contributed by atoms with E-state index in [4.69, 9.17) is 5.73 Å². The van der Waals surface area contributed by atoms with E-state index in [1.165, 1.54) is 6.20 Å². The molecule has 3 aromatic rings. The van der Waals surface area contributed by atoms with Crippen LogP contribution in [0, 0.1) is 6.92 Å². The van der Waals surface area contributed by atoms with Crippen LogP contribution in [0.15, 0.2) is 30.5 Å². The highest BCUT2D eigenvalue weighted by atomic mass is 19.4. The zero-order chi connectivity index (χ0) is 21.5. The van der Waals surface area contributed by atoms with Crippen LogP contribution in [0.25, 0.3) is 11.0 Å². The molecule has 1 aliphatic rings. The number of nitrogens with two attached hydrogens (primary N) is 1. The molecule has 1 atom stereocenters. The highest BCUT2D eigenvalue weighted by molar-refractivity contribution is 5.92. The van der Waals surface area contributed by atoms with Crippen molar-refractivity contribution in [2.45, 2.75) is 31.9 Å². The molecule has 7 nitrogen and oxygen atoms in total. The number of aryl methyl sites for hydroxylation is 1. The van der Waals surface area contributed by atoms with Gasteiger partial charge in [-0.05, 0) is 38.0 Å². The fourth-order valence-corrected chi connectivity index (χ4v) is 3.78. The number of anilines is 1. The van der Waals surface area contributed by atoms with Gasteiger partial charge in [0, 0.05) is 30.9 Å². The minimum absolute atomic E-state index is 0.0852. The Bertz CT molecular complexity index is 1100. The maximum Gasteiger partial charge on any atom is 0.417 e. The van der Waals surface area contributed by atoms with Crippen LogP contribution in [-0.4, -0.2) is 43.8 Å². The second-order valence-electron chi connectivity index (χ2n) is 7.25. The van der Waals surface area contributed by atoms with Crippen molar-refractivity contribution in [2.24, 2.45) is 0 Å². The van der Waals surface area contributed by atoms with Gasteiger partial charge in [0.1, 0.15) is 17.3 Å². The maximum atomic E-state index is 13.8. The molecule has 3 aromatic heterocycles. The maximum absolute atomic E-state index is 13.8. The number of aromatic nitrogens is 4. The summed E-state index contributed by atoms with van der Waals surface area (Å²) in [4.78, 5) is 30.7. The minimum Gasteiger partial charge on any atom is -0.383 e. The minimum atomic E-state index is -4.64. The molecule has 1 aliphatic heterocycles. The fourth-order valence-electron chi connectivity index (χ4n) is 3.78. The second kappa shape index (κ2) is 7.51. The molecule has 1 fully saturated rings. The van der Waals surface area contributed by atoms with Crippen LogP contribution in [0.3, 0.4) is 0 Å². The Hall–Kier alpha value is -3.30. The zero-order valence-electron chi connectivity index (χ0n) is 16.1. The topological polar surface area (TPSA) is 97.9 Å². The molecule has 0 spiro atoms. The van der Waals surface area contributed by atoms with Crippen LogP contribution in [0.5, 0.6) is 0 Å². The van der Waals surface area contributed by atoms with E-state index < -0.39 is 11.7 Å². The average molecular weight is 416 g/mol. The van der Waals surface area contributed by atoms with E-state index in [1.807, 2.05) is 0 Å². The van der Waals surface area contributed by atoms with Gasteiger partial charge in [0.25, 0.3) is 5.91 Å². The highest BCUT2D eigenvalue weighted by Gasteiger charge is 2.36. The number of carbonyl (C=O) groups is 1. The summed E-state index contributed by atoms with van der Waals surface area (Å²) >= 11 is 0. The molecule has 0 radical (unpaired) electrons. The zero-order valence-corrected chi connectivity index (χ0v) is 16.1. The van der Waals surface area contributed by atoms with Crippen molar-refractivity contribution >= 4 is 22.8 Å². The van der Waals surface area contributed by atoms with Crippen molar-refractivity contribution in [2.75, 3.05) is 18.8 Å². The lowest BCUT2D eigenvalue weighted by Crippen LogP contribution is -2.39. The Morgan fingerprint density at radius 1 is 1.23 bits per heavy atom. The number of carbonyl (C=O) groups excluding carboxylic acids is 1. The predicted molar refractivity (Wildman–Crippen MR) is 104 cm³/mol. The molecular formula is C20H19F3N6O. The molecule has 0 aliphatic carbocycles. The molecule has 0 aromatic carbocycles. The second-order valence-corrected chi connectivity index (χ2v) is 7.25. The van der Waals surface area contributed by atoms with E-state index in [2.05, 4.69) is 19.9 Å². The molecule has 1 saturated heterocycles. The van der Waals surface area contributed by atoms with Crippen molar-refractivity contribution in [3.05, 3.63) is 53.2 Å². The standard InChI is InChI=1S/C20H19F3N6O/c1-11-26-17(24)16-13(20(21,22)23)9-15(28-18(16)27-11)12-5-4-8-29(10-12)19(30)14-6-2-3-7-25-14/h2-3,6-7,9,12H,4-5,8,10H2,1H3,(H2,24,26,27,28)/t12-/m1/s1. The Labute approximate surface area is 170 Å². The molecule has 0 bridgehead atoms. The molecule has 0 saturated carbocycles. The predicted octanol–water partition coefficient (Wildman–Crippen LogP) is 3.35. The lowest BCUT2D eigenvalue weighted by atomic mass is 9.92. The summed E-state index contributed by atoms with van der Waals surface area (Å²) in [6.07, 6.45) is -1.85. The number of hydrogen-bond acceptors (Lipinski definition) is 6. The van der Waals surface area contributed by atoms with Gasteiger partial charge in [-0.15, -0.1) is 0 Å². The average Bonchev–Trinajstić information content (AvgIpc) is 2.72. The van der Waals surface area contributed by atoms with E-state index in [0.29, 0.717) is 25.1 Å². The summed E-state index contributed by atoms with van der Waals surface area (Å²) in [5, 5.41) is -0.297. The molecule has 30 heavy (non-hydrogen) atoms. The molecule has 10 heteroatoms. The Morgan fingerprint density at radius 3 is 2.73 bits per heavy atom. The molecule has 4 rings (SSSR count). The van der Waals surface area contributed by atoms with Crippen molar-refractivity contribution in [1.82, 2.24) is 24.8 Å². The van der Waals surface area contributed by atoms with Gasteiger partial charge in [-0.2, -0.15) is 13.2 Å². The van der Waals surface area contributed by atoms with Gasteiger partial charge in [0.15, 0.2) is 5.65 Å². The van der Waals surface area contributed by atoms with Gasteiger partial charge in [0.05, 0.1) is 10.9 Å². The Morgan fingerprint density at radius 2 is 2.03 bits per heavy atom. The van der Waals surface area contributed by atoms with Crippen LogP contribution >= 0.6 is 0 Å². The number of pyridine rings is 2. The van der Waals surface area contributed by atoms with Crippen molar-refractivity contribution in [1.29, 1.82) is 0 Å². The first-order valence-corrected chi connectivity index (χ1v) is 9.46. The van der Waals surface area contributed by atoms with E-state index in [1.54, 1.807) is 30.0 Å². The number of alkyl halides is 3. The largest absolute Gasteiger partial charge is 0.417 e. The summed E-state index contributed by atoms with van der Waals surface area (Å²) in [6, 6.07) is 6.05. The van der Waals surface area contributed by atoms with Gasteiger partial charge in [-0.3, -0.25) is 9.78 Å². The monoisotopic (exact) mass is 416 g/mol. The van der Waals surface area contributed by atoms with Gasteiger partial charge < -0.3 is 10.6 Å². The molecule has 1 amide bonds. The molecule has 2 N–H and O–H groups in total. The SMILES string of the molecule is Cc1nc(N)c2c(C(F)(F)F)cc([C@@H]3CCCN(C(=O)c4ccccn4)C3)nc2n1. The normalized spacial score (nSPS) is 17.3. The number of fused-ring (bicyclic) bond motifs is 1.